The van der Waals surface area contributed by atoms with Crippen LogP contribution in [0.1, 0.15) is 16.8 Å². The summed E-state index contributed by atoms with van der Waals surface area (Å²) in [6.45, 7) is 4.25. The SMILES string of the molecule is C=Cc1c(/C=C/c2ccc3sc4ccccc4c3c2)c2ccccc2n1-c1nc(-c2ccccc2)cc(-c2ccccc2)n1. The van der Waals surface area contributed by atoms with Gasteiger partial charge in [0.15, 0.2) is 0 Å². The van der Waals surface area contributed by atoms with Crippen molar-refractivity contribution in [2.45, 2.75) is 0 Å². The van der Waals surface area contributed by atoms with Crippen LogP contribution in [-0.2, 0) is 0 Å². The number of hydrogen-bond acceptors (Lipinski definition) is 3. The molecule has 8 rings (SSSR count). The van der Waals surface area contributed by atoms with E-state index in [1.165, 1.54) is 20.2 Å². The molecule has 3 nitrogen and oxygen atoms in total. The third-order valence-electron chi connectivity index (χ3n) is 8.04. The van der Waals surface area contributed by atoms with Crippen molar-refractivity contribution in [3.63, 3.8) is 0 Å². The molecule has 8 aromatic rings. The molecule has 0 radical (unpaired) electrons. The van der Waals surface area contributed by atoms with Gasteiger partial charge in [-0.2, -0.15) is 0 Å². The van der Waals surface area contributed by atoms with E-state index in [-0.39, 0.29) is 0 Å². The summed E-state index contributed by atoms with van der Waals surface area (Å²) in [4.78, 5) is 10.3. The van der Waals surface area contributed by atoms with E-state index in [0.717, 1.165) is 50.2 Å². The molecular formula is C40H27N3S. The second-order valence-electron chi connectivity index (χ2n) is 10.7. The molecule has 0 spiro atoms. The molecule has 0 aliphatic heterocycles. The molecule has 4 heteroatoms. The number of hydrogen-bond donors (Lipinski definition) is 0. The molecule has 0 bridgehead atoms. The molecule has 0 aliphatic rings. The van der Waals surface area contributed by atoms with Crippen molar-refractivity contribution in [3.8, 4) is 28.5 Å². The highest BCUT2D eigenvalue weighted by molar-refractivity contribution is 7.25. The fraction of sp³-hybridized carbons (Fsp3) is 0. The van der Waals surface area contributed by atoms with Gasteiger partial charge in [-0.25, -0.2) is 9.97 Å². The average molecular weight is 582 g/mol. The van der Waals surface area contributed by atoms with E-state index < -0.39 is 0 Å². The highest BCUT2D eigenvalue weighted by Gasteiger charge is 2.18. The van der Waals surface area contributed by atoms with Crippen LogP contribution in [0.25, 0.3) is 77.8 Å². The van der Waals surface area contributed by atoms with Gasteiger partial charge in [0.2, 0.25) is 5.95 Å². The lowest BCUT2D eigenvalue weighted by atomic mass is 10.1. The summed E-state index contributed by atoms with van der Waals surface area (Å²) in [6.07, 6.45) is 6.31. The van der Waals surface area contributed by atoms with Gasteiger partial charge in [-0.05, 0) is 42.0 Å². The van der Waals surface area contributed by atoms with Crippen molar-refractivity contribution < 1.29 is 0 Å². The van der Waals surface area contributed by atoms with Crippen LogP contribution in [0, 0.1) is 0 Å². The molecule has 3 aromatic heterocycles. The van der Waals surface area contributed by atoms with Crippen LogP contribution in [0.15, 0.2) is 140 Å². The zero-order valence-corrected chi connectivity index (χ0v) is 24.7. The van der Waals surface area contributed by atoms with Crippen LogP contribution in [0.2, 0.25) is 0 Å². The lowest BCUT2D eigenvalue weighted by Gasteiger charge is -2.12. The molecule has 0 saturated heterocycles. The van der Waals surface area contributed by atoms with Gasteiger partial charge >= 0.3 is 0 Å². The molecule has 5 aromatic carbocycles. The Morgan fingerprint density at radius 1 is 0.568 bits per heavy atom. The van der Waals surface area contributed by atoms with Crippen LogP contribution < -0.4 is 0 Å². The van der Waals surface area contributed by atoms with Gasteiger partial charge < -0.3 is 0 Å². The van der Waals surface area contributed by atoms with Crippen molar-refractivity contribution in [2.75, 3.05) is 0 Å². The topological polar surface area (TPSA) is 30.7 Å². The van der Waals surface area contributed by atoms with E-state index in [2.05, 4.69) is 120 Å². The number of para-hydroxylation sites is 1. The van der Waals surface area contributed by atoms with Crippen LogP contribution in [-0.4, -0.2) is 14.5 Å². The highest BCUT2D eigenvalue weighted by Crippen LogP contribution is 2.36. The summed E-state index contributed by atoms with van der Waals surface area (Å²) < 4.78 is 4.75. The number of nitrogens with zero attached hydrogens (tertiary/aromatic N) is 3. The molecule has 44 heavy (non-hydrogen) atoms. The average Bonchev–Trinajstić information content (AvgIpc) is 3.63. The van der Waals surface area contributed by atoms with Crippen LogP contribution in [0.3, 0.4) is 0 Å². The maximum Gasteiger partial charge on any atom is 0.235 e. The zero-order chi connectivity index (χ0) is 29.5. The molecular weight excluding hydrogens is 555 g/mol. The Bertz CT molecular complexity index is 2290. The van der Waals surface area contributed by atoms with Crippen LogP contribution >= 0.6 is 11.3 Å². The maximum absolute atomic E-state index is 5.13. The Morgan fingerprint density at radius 2 is 1.18 bits per heavy atom. The summed E-state index contributed by atoms with van der Waals surface area (Å²) >= 11 is 1.84. The lowest BCUT2D eigenvalue weighted by Crippen LogP contribution is -2.05. The molecule has 208 valence electrons. The highest BCUT2D eigenvalue weighted by atomic mass is 32.1. The molecule has 0 aliphatic carbocycles. The van der Waals surface area contributed by atoms with Gasteiger partial charge in [-0.1, -0.05) is 122 Å². The first-order chi connectivity index (χ1) is 21.8. The van der Waals surface area contributed by atoms with Gasteiger partial charge in [-0.3, -0.25) is 4.57 Å². The summed E-state index contributed by atoms with van der Waals surface area (Å²) in [7, 11) is 0. The summed E-state index contributed by atoms with van der Waals surface area (Å²) in [5.74, 6) is 0.613. The Morgan fingerprint density at radius 3 is 1.89 bits per heavy atom. The summed E-state index contributed by atoms with van der Waals surface area (Å²) in [5, 5.41) is 3.71. The quantitative estimate of drug-likeness (QED) is 0.196. The summed E-state index contributed by atoms with van der Waals surface area (Å²) in [5.41, 5.74) is 8.05. The molecule has 3 heterocycles. The van der Waals surface area contributed by atoms with Crippen LogP contribution in [0.4, 0.5) is 0 Å². The minimum absolute atomic E-state index is 0.613. The van der Waals surface area contributed by atoms with E-state index in [9.17, 15) is 0 Å². The van der Waals surface area contributed by atoms with Gasteiger partial charge in [0, 0.05) is 42.2 Å². The Hall–Kier alpha value is -5.58. The number of fused-ring (bicyclic) bond motifs is 4. The van der Waals surface area contributed by atoms with Crippen LogP contribution in [0.5, 0.6) is 0 Å². The van der Waals surface area contributed by atoms with Gasteiger partial charge in [0.05, 0.1) is 22.6 Å². The van der Waals surface area contributed by atoms with Crippen molar-refractivity contribution in [2.24, 2.45) is 0 Å². The predicted molar refractivity (Wildman–Crippen MR) is 188 cm³/mol. The minimum Gasteiger partial charge on any atom is -0.278 e. The molecule has 0 N–H and O–H groups in total. The van der Waals surface area contributed by atoms with Crippen molar-refractivity contribution in [1.29, 1.82) is 0 Å². The Kier molecular flexibility index (Phi) is 6.47. The number of rotatable bonds is 6. The summed E-state index contributed by atoms with van der Waals surface area (Å²) in [6, 6.07) is 46.4. The maximum atomic E-state index is 5.13. The van der Waals surface area contributed by atoms with Crippen molar-refractivity contribution in [1.82, 2.24) is 14.5 Å². The van der Waals surface area contributed by atoms with E-state index in [1.807, 2.05) is 53.8 Å². The first kappa shape index (κ1) is 26.1. The van der Waals surface area contributed by atoms with Gasteiger partial charge in [0.25, 0.3) is 0 Å². The second kappa shape index (κ2) is 10.9. The van der Waals surface area contributed by atoms with Crippen molar-refractivity contribution >= 4 is 60.6 Å². The number of thiophene rings is 1. The van der Waals surface area contributed by atoms with E-state index in [1.54, 1.807) is 0 Å². The first-order valence-electron chi connectivity index (χ1n) is 14.6. The molecule has 0 atom stereocenters. The number of benzene rings is 5. The fourth-order valence-electron chi connectivity index (χ4n) is 5.95. The Balaban J connectivity index is 1.31. The van der Waals surface area contributed by atoms with Crippen molar-refractivity contribution in [3.05, 3.63) is 157 Å². The first-order valence-corrected chi connectivity index (χ1v) is 15.4. The van der Waals surface area contributed by atoms with E-state index in [4.69, 9.17) is 9.97 Å². The molecule has 0 unspecified atom stereocenters. The van der Waals surface area contributed by atoms with E-state index in [0.29, 0.717) is 5.95 Å². The standard InChI is InChI=1S/C40H27N3S/c1-2-36-31(23-21-27-22-24-39-33(25-27)32-18-10-12-20-38(32)44-39)30-17-9-11-19-37(30)43(36)40-41-34(28-13-5-3-6-14-28)26-35(42-40)29-15-7-4-8-16-29/h2-26H,1H2/b23-21+. The predicted octanol–water partition coefficient (Wildman–Crippen LogP) is 10.9. The smallest absolute Gasteiger partial charge is 0.235 e. The molecule has 0 saturated carbocycles. The largest absolute Gasteiger partial charge is 0.278 e. The lowest BCUT2D eigenvalue weighted by molar-refractivity contribution is 0.958. The van der Waals surface area contributed by atoms with Gasteiger partial charge in [0.1, 0.15) is 0 Å². The molecule has 0 amide bonds. The van der Waals surface area contributed by atoms with E-state index >= 15 is 0 Å². The minimum atomic E-state index is 0.613. The second-order valence-corrected chi connectivity index (χ2v) is 11.8. The monoisotopic (exact) mass is 581 g/mol. The third kappa shape index (κ3) is 4.53. The normalized spacial score (nSPS) is 11.6. The third-order valence-corrected chi connectivity index (χ3v) is 9.19. The molecule has 0 fully saturated rings. The van der Waals surface area contributed by atoms with Gasteiger partial charge in [-0.15, -0.1) is 11.3 Å². The zero-order valence-electron chi connectivity index (χ0n) is 23.9. The fourth-order valence-corrected chi connectivity index (χ4v) is 7.04. The number of aromatic nitrogens is 3. The Labute approximate surface area is 259 Å².